The zero-order valence-corrected chi connectivity index (χ0v) is 13.8. The zero-order chi connectivity index (χ0) is 15.5. The topological polar surface area (TPSA) is 45.2 Å². The Kier molecular flexibility index (Phi) is 4.43. The minimum atomic E-state index is -0.0357. The molecule has 22 heavy (non-hydrogen) atoms. The maximum absolute atomic E-state index is 12.4. The zero-order valence-electron chi connectivity index (χ0n) is 13.0. The first-order chi connectivity index (χ1) is 10.6. The standard InChI is InChI=1S/C17H21N3OS/c1-12-6-7-13(18-10-12)11-20(2)17(21)19-15-4-3-5-16-14(15)8-9-22-16/h6-10,15H,3-5,11H2,1-2H3,(H,19,21)/t15-/m0/s1. The Morgan fingerprint density at radius 1 is 1.45 bits per heavy atom. The molecule has 2 aromatic rings. The van der Waals surface area contributed by atoms with E-state index in [0.29, 0.717) is 6.54 Å². The quantitative estimate of drug-likeness (QED) is 0.939. The van der Waals surface area contributed by atoms with Gasteiger partial charge >= 0.3 is 6.03 Å². The predicted molar refractivity (Wildman–Crippen MR) is 89.0 cm³/mol. The minimum absolute atomic E-state index is 0.0357. The first kappa shape index (κ1) is 15.0. The van der Waals surface area contributed by atoms with Gasteiger partial charge in [-0.25, -0.2) is 4.79 Å². The number of nitrogens with zero attached hydrogens (tertiary/aromatic N) is 2. The number of pyridine rings is 1. The van der Waals surface area contributed by atoms with E-state index in [1.54, 1.807) is 16.2 Å². The van der Waals surface area contributed by atoms with Gasteiger partial charge in [0.2, 0.25) is 0 Å². The molecule has 0 aliphatic heterocycles. The molecule has 3 rings (SSSR count). The summed E-state index contributed by atoms with van der Waals surface area (Å²) in [6.07, 6.45) is 5.14. The van der Waals surface area contributed by atoms with Crippen LogP contribution in [0.2, 0.25) is 0 Å². The number of nitrogens with one attached hydrogen (secondary N) is 1. The van der Waals surface area contributed by atoms with Gasteiger partial charge in [0.25, 0.3) is 0 Å². The second kappa shape index (κ2) is 6.48. The van der Waals surface area contributed by atoms with Gasteiger partial charge in [-0.2, -0.15) is 0 Å². The van der Waals surface area contributed by atoms with E-state index in [4.69, 9.17) is 0 Å². The van der Waals surface area contributed by atoms with Crippen LogP contribution in [0, 0.1) is 6.92 Å². The fourth-order valence-corrected chi connectivity index (χ4v) is 3.79. The molecule has 1 atom stereocenters. The number of carbonyl (C=O) groups excluding carboxylic acids is 1. The highest BCUT2D eigenvalue weighted by atomic mass is 32.1. The molecular weight excluding hydrogens is 294 g/mol. The minimum Gasteiger partial charge on any atom is -0.331 e. The van der Waals surface area contributed by atoms with Crippen LogP contribution < -0.4 is 5.32 Å². The molecule has 0 unspecified atom stereocenters. The molecule has 0 bridgehead atoms. The molecule has 0 saturated carbocycles. The summed E-state index contributed by atoms with van der Waals surface area (Å²) in [5.74, 6) is 0. The van der Waals surface area contributed by atoms with E-state index in [1.165, 1.54) is 10.4 Å². The van der Waals surface area contributed by atoms with Gasteiger partial charge < -0.3 is 10.2 Å². The second-order valence-corrected chi connectivity index (χ2v) is 6.88. The number of rotatable bonds is 3. The van der Waals surface area contributed by atoms with Crippen molar-refractivity contribution in [2.24, 2.45) is 0 Å². The van der Waals surface area contributed by atoms with Gasteiger partial charge in [-0.15, -0.1) is 11.3 Å². The largest absolute Gasteiger partial charge is 0.331 e. The van der Waals surface area contributed by atoms with Gasteiger partial charge in [-0.05, 0) is 54.8 Å². The lowest BCUT2D eigenvalue weighted by Gasteiger charge is -2.26. The van der Waals surface area contributed by atoms with E-state index in [-0.39, 0.29) is 12.1 Å². The van der Waals surface area contributed by atoms with Crippen molar-refractivity contribution in [2.45, 2.75) is 38.8 Å². The van der Waals surface area contributed by atoms with Crippen molar-refractivity contribution in [2.75, 3.05) is 7.05 Å². The molecule has 0 saturated heterocycles. The van der Waals surface area contributed by atoms with Crippen LogP contribution in [-0.4, -0.2) is 23.0 Å². The third-order valence-electron chi connectivity index (χ3n) is 4.07. The Labute approximate surface area is 135 Å². The molecule has 116 valence electrons. The molecule has 1 N–H and O–H groups in total. The summed E-state index contributed by atoms with van der Waals surface area (Å²) in [7, 11) is 1.81. The van der Waals surface area contributed by atoms with Crippen molar-refractivity contribution in [3.05, 3.63) is 51.5 Å². The van der Waals surface area contributed by atoms with Crippen molar-refractivity contribution in [3.63, 3.8) is 0 Å². The van der Waals surface area contributed by atoms with Crippen LogP contribution in [0.5, 0.6) is 0 Å². The van der Waals surface area contributed by atoms with E-state index < -0.39 is 0 Å². The molecule has 2 amide bonds. The molecule has 2 aromatic heterocycles. The van der Waals surface area contributed by atoms with Crippen molar-refractivity contribution in [3.8, 4) is 0 Å². The Bertz CT molecular complexity index is 650. The molecule has 5 heteroatoms. The number of urea groups is 1. The summed E-state index contributed by atoms with van der Waals surface area (Å²) >= 11 is 1.79. The van der Waals surface area contributed by atoms with Crippen molar-refractivity contribution in [1.82, 2.24) is 15.2 Å². The van der Waals surface area contributed by atoms with E-state index in [9.17, 15) is 4.79 Å². The number of fused-ring (bicyclic) bond motifs is 1. The van der Waals surface area contributed by atoms with Crippen molar-refractivity contribution in [1.29, 1.82) is 0 Å². The summed E-state index contributed by atoms with van der Waals surface area (Å²) in [6, 6.07) is 6.25. The Hall–Kier alpha value is -1.88. The first-order valence-corrected chi connectivity index (χ1v) is 8.51. The number of aromatic nitrogens is 1. The number of hydrogen-bond donors (Lipinski definition) is 1. The van der Waals surface area contributed by atoms with Gasteiger partial charge in [0.1, 0.15) is 0 Å². The van der Waals surface area contributed by atoms with Crippen molar-refractivity contribution < 1.29 is 4.79 Å². The van der Waals surface area contributed by atoms with Crippen LogP contribution in [-0.2, 0) is 13.0 Å². The lowest BCUT2D eigenvalue weighted by atomic mass is 9.94. The Balaban J connectivity index is 1.61. The smallest absolute Gasteiger partial charge is 0.317 e. The second-order valence-electron chi connectivity index (χ2n) is 5.88. The monoisotopic (exact) mass is 315 g/mol. The normalized spacial score (nSPS) is 16.9. The summed E-state index contributed by atoms with van der Waals surface area (Å²) < 4.78 is 0. The van der Waals surface area contributed by atoms with Gasteiger partial charge in [-0.3, -0.25) is 4.98 Å². The average Bonchev–Trinajstić information content (AvgIpc) is 2.99. The van der Waals surface area contributed by atoms with E-state index in [1.807, 2.05) is 32.3 Å². The highest BCUT2D eigenvalue weighted by Crippen LogP contribution is 2.33. The van der Waals surface area contributed by atoms with Crippen LogP contribution >= 0.6 is 11.3 Å². The van der Waals surface area contributed by atoms with Gasteiger partial charge in [0.05, 0.1) is 18.3 Å². The van der Waals surface area contributed by atoms with E-state index >= 15 is 0 Å². The van der Waals surface area contributed by atoms with Gasteiger partial charge in [-0.1, -0.05) is 6.07 Å². The lowest BCUT2D eigenvalue weighted by molar-refractivity contribution is 0.200. The van der Waals surface area contributed by atoms with E-state index in [0.717, 1.165) is 30.5 Å². The number of amides is 2. The maximum Gasteiger partial charge on any atom is 0.317 e. The lowest BCUT2D eigenvalue weighted by Crippen LogP contribution is -2.39. The highest BCUT2D eigenvalue weighted by Gasteiger charge is 2.23. The maximum atomic E-state index is 12.4. The van der Waals surface area contributed by atoms with Gasteiger partial charge in [0, 0.05) is 18.1 Å². The molecule has 0 aromatic carbocycles. The fourth-order valence-electron chi connectivity index (χ4n) is 2.80. The Morgan fingerprint density at radius 3 is 3.09 bits per heavy atom. The summed E-state index contributed by atoms with van der Waals surface area (Å²) in [5, 5.41) is 5.28. The molecular formula is C17H21N3OS. The summed E-state index contributed by atoms with van der Waals surface area (Å²) in [5.41, 5.74) is 3.33. The molecule has 1 aliphatic carbocycles. The molecule has 0 spiro atoms. The number of hydrogen-bond acceptors (Lipinski definition) is 3. The molecule has 4 nitrogen and oxygen atoms in total. The van der Waals surface area contributed by atoms with Crippen LogP contribution in [0.15, 0.2) is 29.8 Å². The van der Waals surface area contributed by atoms with Crippen LogP contribution in [0.1, 0.15) is 40.6 Å². The molecule has 0 fully saturated rings. The summed E-state index contributed by atoms with van der Waals surface area (Å²) in [4.78, 5) is 19.9. The number of carbonyl (C=O) groups is 1. The van der Waals surface area contributed by atoms with Crippen LogP contribution in [0.25, 0.3) is 0 Å². The molecule has 2 heterocycles. The fraction of sp³-hybridized carbons (Fsp3) is 0.412. The molecule has 1 aliphatic rings. The third kappa shape index (κ3) is 3.30. The SMILES string of the molecule is Cc1ccc(CN(C)C(=O)N[C@H]2CCCc3sccc32)nc1. The van der Waals surface area contributed by atoms with E-state index in [2.05, 4.69) is 21.7 Å². The van der Waals surface area contributed by atoms with Crippen LogP contribution in [0.3, 0.4) is 0 Å². The van der Waals surface area contributed by atoms with Crippen LogP contribution in [0.4, 0.5) is 4.79 Å². The molecule has 0 radical (unpaired) electrons. The van der Waals surface area contributed by atoms with Crippen molar-refractivity contribution >= 4 is 17.4 Å². The first-order valence-electron chi connectivity index (χ1n) is 7.63. The number of aryl methyl sites for hydroxylation is 2. The van der Waals surface area contributed by atoms with Gasteiger partial charge in [0.15, 0.2) is 0 Å². The highest BCUT2D eigenvalue weighted by molar-refractivity contribution is 7.10. The Morgan fingerprint density at radius 2 is 2.32 bits per heavy atom. The average molecular weight is 315 g/mol. The summed E-state index contributed by atoms with van der Waals surface area (Å²) in [6.45, 7) is 2.53. The number of thiophene rings is 1. The third-order valence-corrected chi connectivity index (χ3v) is 5.06. The predicted octanol–water partition coefficient (Wildman–Crippen LogP) is 3.67.